The lowest BCUT2D eigenvalue weighted by molar-refractivity contribution is -0.137. The van der Waals surface area contributed by atoms with E-state index in [1.54, 1.807) is 0 Å². The van der Waals surface area contributed by atoms with Crippen LogP contribution in [0.15, 0.2) is 0 Å². The van der Waals surface area contributed by atoms with Crippen molar-refractivity contribution in [2.45, 2.75) is 60.4 Å². The van der Waals surface area contributed by atoms with Crippen molar-refractivity contribution in [2.24, 2.45) is 5.41 Å². The fourth-order valence-electron chi connectivity index (χ4n) is 2.08. The summed E-state index contributed by atoms with van der Waals surface area (Å²) in [4.78, 5) is 24.9. The van der Waals surface area contributed by atoms with Crippen molar-refractivity contribution in [1.82, 2.24) is 10.2 Å². The zero-order valence-corrected chi connectivity index (χ0v) is 12.7. The van der Waals surface area contributed by atoms with E-state index < -0.39 is 0 Å². The van der Waals surface area contributed by atoms with Crippen molar-refractivity contribution in [3.63, 3.8) is 0 Å². The van der Waals surface area contributed by atoms with E-state index in [0.717, 1.165) is 13.1 Å². The Bertz CT molecular complexity index is 282. The van der Waals surface area contributed by atoms with Gasteiger partial charge in [0.15, 0.2) is 0 Å². The van der Waals surface area contributed by atoms with Crippen molar-refractivity contribution in [1.29, 1.82) is 0 Å². The van der Waals surface area contributed by atoms with Crippen molar-refractivity contribution in [3.05, 3.63) is 0 Å². The number of imide groups is 1. The highest BCUT2D eigenvalue weighted by atomic mass is 16.2. The summed E-state index contributed by atoms with van der Waals surface area (Å²) in [5.41, 5.74) is 0.164. The Morgan fingerprint density at radius 3 is 2.22 bits per heavy atom. The van der Waals surface area contributed by atoms with Crippen molar-refractivity contribution >= 4 is 11.8 Å². The van der Waals surface area contributed by atoms with E-state index in [-0.39, 0.29) is 23.3 Å². The van der Waals surface area contributed by atoms with Crippen LogP contribution in [0.3, 0.4) is 0 Å². The van der Waals surface area contributed by atoms with E-state index in [0.29, 0.717) is 12.8 Å². The second kappa shape index (κ2) is 7.52. The number of likely N-dealkylation sites (N-methyl/N-ethyl adjacent to an activating group) is 1. The molecule has 0 spiro atoms. The third-order valence-electron chi connectivity index (χ3n) is 2.73. The average molecular weight is 256 g/mol. The summed E-state index contributed by atoms with van der Waals surface area (Å²) in [6.07, 6.45) is 1.10. The Kier molecular flexibility index (Phi) is 7.14. The van der Waals surface area contributed by atoms with Crippen LogP contribution in [0.4, 0.5) is 0 Å². The summed E-state index contributed by atoms with van der Waals surface area (Å²) >= 11 is 0. The molecule has 1 heterocycles. The monoisotopic (exact) mass is 256 g/mol. The standard InChI is InChI=1S/C12H22N2O2.C2H6/c1-5-14(8-12(2,3)4)9-6-7-10(15)13-11(9)16;1-2/h9H,5-8H2,1-4H3,(H,13,15,16);1-2H3. The quantitative estimate of drug-likeness (QED) is 0.787. The van der Waals surface area contributed by atoms with Gasteiger partial charge >= 0.3 is 0 Å². The molecule has 4 nitrogen and oxygen atoms in total. The Hall–Kier alpha value is -0.900. The SMILES string of the molecule is CC.CCN(CC(C)(C)C)C1CCC(=O)NC1=O. The topological polar surface area (TPSA) is 49.4 Å². The molecule has 106 valence electrons. The zero-order chi connectivity index (χ0) is 14.3. The number of carbonyl (C=O) groups is 2. The van der Waals surface area contributed by atoms with Gasteiger partial charge < -0.3 is 0 Å². The number of hydrogen-bond acceptors (Lipinski definition) is 3. The smallest absolute Gasteiger partial charge is 0.243 e. The third-order valence-corrected chi connectivity index (χ3v) is 2.73. The molecule has 0 aromatic rings. The molecule has 0 bridgehead atoms. The number of piperidine rings is 1. The molecule has 1 rings (SSSR count). The van der Waals surface area contributed by atoms with E-state index in [2.05, 4.69) is 37.9 Å². The molecule has 4 heteroatoms. The van der Waals surface area contributed by atoms with Crippen LogP contribution in [-0.2, 0) is 9.59 Å². The minimum absolute atomic E-state index is 0.137. The Morgan fingerprint density at radius 2 is 1.83 bits per heavy atom. The van der Waals surface area contributed by atoms with Crippen molar-refractivity contribution < 1.29 is 9.59 Å². The molecule has 1 saturated heterocycles. The van der Waals surface area contributed by atoms with Gasteiger partial charge in [-0.2, -0.15) is 0 Å². The van der Waals surface area contributed by atoms with Crippen molar-refractivity contribution in [2.75, 3.05) is 13.1 Å². The van der Waals surface area contributed by atoms with Crippen LogP contribution in [0, 0.1) is 5.41 Å². The van der Waals surface area contributed by atoms with Crippen LogP contribution in [0.1, 0.15) is 54.4 Å². The number of nitrogens with one attached hydrogen (secondary N) is 1. The van der Waals surface area contributed by atoms with Gasteiger partial charge in [0, 0.05) is 13.0 Å². The Morgan fingerprint density at radius 1 is 1.28 bits per heavy atom. The molecular weight excluding hydrogens is 228 g/mol. The molecule has 0 saturated carbocycles. The van der Waals surface area contributed by atoms with E-state index in [1.807, 2.05) is 13.8 Å². The predicted octanol–water partition coefficient (Wildman–Crippen LogP) is 2.19. The molecule has 0 aromatic carbocycles. The summed E-state index contributed by atoms with van der Waals surface area (Å²) < 4.78 is 0. The zero-order valence-electron chi connectivity index (χ0n) is 12.7. The van der Waals surface area contributed by atoms with Crippen LogP contribution in [0.5, 0.6) is 0 Å². The maximum Gasteiger partial charge on any atom is 0.243 e. The van der Waals surface area contributed by atoms with E-state index in [9.17, 15) is 9.59 Å². The summed E-state index contributed by atoms with van der Waals surface area (Å²) in [6.45, 7) is 14.2. The number of hydrogen-bond donors (Lipinski definition) is 1. The van der Waals surface area contributed by atoms with Gasteiger partial charge in [-0.15, -0.1) is 0 Å². The number of rotatable bonds is 3. The lowest BCUT2D eigenvalue weighted by atomic mass is 9.94. The van der Waals surface area contributed by atoms with Gasteiger partial charge in [-0.05, 0) is 18.4 Å². The maximum atomic E-state index is 11.7. The number of carbonyl (C=O) groups excluding carboxylic acids is 2. The fourth-order valence-corrected chi connectivity index (χ4v) is 2.08. The molecule has 1 fully saturated rings. The maximum absolute atomic E-state index is 11.7. The minimum atomic E-state index is -0.145. The van der Waals surface area contributed by atoms with Gasteiger partial charge in [0.1, 0.15) is 0 Å². The third kappa shape index (κ3) is 5.63. The molecule has 0 aromatic heterocycles. The highest BCUT2D eigenvalue weighted by Crippen LogP contribution is 2.20. The summed E-state index contributed by atoms with van der Waals surface area (Å²) in [5.74, 6) is -0.282. The largest absolute Gasteiger partial charge is 0.295 e. The van der Waals surface area contributed by atoms with Gasteiger partial charge in [-0.25, -0.2) is 0 Å². The second-order valence-electron chi connectivity index (χ2n) is 5.59. The van der Waals surface area contributed by atoms with Crippen molar-refractivity contribution in [3.8, 4) is 0 Å². The van der Waals surface area contributed by atoms with E-state index >= 15 is 0 Å². The van der Waals surface area contributed by atoms with Gasteiger partial charge in [0.25, 0.3) is 0 Å². The molecule has 1 aliphatic rings. The molecule has 1 unspecified atom stereocenters. The first-order chi connectivity index (χ1) is 8.33. The number of nitrogens with zero attached hydrogens (tertiary/aromatic N) is 1. The minimum Gasteiger partial charge on any atom is -0.295 e. The average Bonchev–Trinajstić information content (AvgIpc) is 2.28. The fraction of sp³-hybridized carbons (Fsp3) is 0.857. The molecule has 2 amide bonds. The van der Waals surface area contributed by atoms with E-state index in [4.69, 9.17) is 0 Å². The summed E-state index contributed by atoms with van der Waals surface area (Å²) in [6, 6.07) is -0.137. The van der Waals surface area contributed by atoms with Gasteiger partial charge in [0.05, 0.1) is 6.04 Å². The Labute approximate surface area is 111 Å². The van der Waals surface area contributed by atoms with Crippen LogP contribution in [-0.4, -0.2) is 35.8 Å². The lowest BCUT2D eigenvalue weighted by Crippen LogP contribution is -2.54. The highest BCUT2D eigenvalue weighted by Gasteiger charge is 2.32. The van der Waals surface area contributed by atoms with Gasteiger partial charge in [0.2, 0.25) is 11.8 Å². The Balaban J connectivity index is 0.00000137. The van der Waals surface area contributed by atoms with Gasteiger partial charge in [-0.1, -0.05) is 41.5 Å². The molecule has 1 aliphatic heterocycles. The summed E-state index contributed by atoms with van der Waals surface area (Å²) in [5, 5.41) is 2.41. The number of amides is 2. The molecule has 1 atom stereocenters. The summed E-state index contributed by atoms with van der Waals surface area (Å²) in [7, 11) is 0. The lowest BCUT2D eigenvalue weighted by Gasteiger charge is -2.36. The first kappa shape index (κ1) is 17.1. The first-order valence-corrected chi connectivity index (χ1v) is 6.91. The van der Waals surface area contributed by atoms with Gasteiger partial charge in [-0.3, -0.25) is 19.8 Å². The van der Waals surface area contributed by atoms with E-state index in [1.165, 1.54) is 0 Å². The van der Waals surface area contributed by atoms with Crippen LogP contribution >= 0.6 is 0 Å². The van der Waals surface area contributed by atoms with Crippen LogP contribution in [0.2, 0.25) is 0 Å². The molecule has 0 radical (unpaired) electrons. The molecule has 0 aliphatic carbocycles. The van der Waals surface area contributed by atoms with Crippen LogP contribution in [0.25, 0.3) is 0 Å². The predicted molar refractivity (Wildman–Crippen MR) is 74.2 cm³/mol. The first-order valence-electron chi connectivity index (χ1n) is 6.91. The normalized spacial score (nSPS) is 20.3. The molecule has 18 heavy (non-hydrogen) atoms. The van der Waals surface area contributed by atoms with Crippen LogP contribution < -0.4 is 5.32 Å². The second-order valence-corrected chi connectivity index (χ2v) is 5.59. The molecule has 1 N–H and O–H groups in total. The molecular formula is C14H28N2O2. The highest BCUT2D eigenvalue weighted by molar-refractivity contribution is 6.00.